The van der Waals surface area contributed by atoms with E-state index in [1.807, 2.05) is 24.3 Å². The van der Waals surface area contributed by atoms with Crippen LogP contribution in [-0.2, 0) is 17.6 Å². The second-order valence-corrected chi connectivity index (χ2v) is 6.11. The van der Waals surface area contributed by atoms with Crippen molar-refractivity contribution >= 4 is 5.91 Å². The Kier molecular flexibility index (Phi) is 5.05. The Morgan fingerprint density at radius 3 is 2.92 bits per heavy atom. The van der Waals surface area contributed by atoms with Crippen molar-refractivity contribution < 1.29 is 9.53 Å². The highest BCUT2D eigenvalue weighted by Gasteiger charge is 2.44. The van der Waals surface area contributed by atoms with Crippen LogP contribution in [0.3, 0.4) is 0 Å². The molecule has 1 aliphatic rings. The molecule has 6 heteroatoms. The Morgan fingerprint density at radius 1 is 1.38 bits per heavy atom. The number of aromatic nitrogens is 2. The molecular formula is C18H22N4O2. The van der Waals surface area contributed by atoms with E-state index in [1.54, 1.807) is 25.7 Å². The maximum Gasteiger partial charge on any atom is 0.229 e. The van der Waals surface area contributed by atoms with Crippen LogP contribution in [0.15, 0.2) is 42.9 Å². The van der Waals surface area contributed by atoms with Gasteiger partial charge < -0.3 is 15.4 Å². The molecule has 24 heavy (non-hydrogen) atoms. The van der Waals surface area contributed by atoms with Crippen molar-refractivity contribution in [1.29, 1.82) is 0 Å². The van der Waals surface area contributed by atoms with Crippen LogP contribution in [0, 0.1) is 5.41 Å². The second kappa shape index (κ2) is 7.40. The molecule has 0 radical (unpaired) electrons. The van der Waals surface area contributed by atoms with Gasteiger partial charge >= 0.3 is 0 Å². The molecule has 0 bridgehead atoms. The molecule has 2 heterocycles. The van der Waals surface area contributed by atoms with Crippen LogP contribution in [0.2, 0.25) is 0 Å². The van der Waals surface area contributed by atoms with Crippen molar-refractivity contribution in [1.82, 2.24) is 20.6 Å². The van der Waals surface area contributed by atoms with Crippen LogP contribution in [0.1, 0.15) is 11.3 Å². The lowest BCUT2D eigenvalue weighted by Gasteiger charge is -2.41. The van der Waals surface area contributed by atoms with E-state index in [0.29, 0.717) is 32.5 Å². The van der Waals surface area contributed by atoms with Crippen molar-refractivity contribution in [2.24, 2.45) is 5.41 Å². The molecule has 1 aromatic carbocycles. The number of nitrogens with zero attached hydrogens (tertiary/aromatic N) is 2. The van der Waals surface area contributed by atoms with E-state index in [0.717, 1.165) is 17.0 Å². The van der Waals surface area contributed by atoms with Gasteiger partial charge in [0.25, 0.3) is 0 Å². The fourth-order valence-electron chi connectivity index (χ4n) is 2.92. The molecule has 1 amide bonds. The molecule has 1 aromatic heterocycles. The zero-order valence-electron chi connectivity index (χ0n) is 13.8. The first-order valence-corrected chi connectivity index (χ1v) is 8.09. The topological polar surface area (TPSA) is 76.1 Å². The van der Waals surface area contributed by atoms with Gasteiger partial charge in [-0.3, -0.25) is 14.8 Å². The summed E-state index contributed by atoms with van der Waals surface area (Å²) in [6.45, 7) is 1.96. The number of nitrogens with one attached hydrogen (secondary N) is 2. The predicted molar refractivity (Wildman–Crippen MR) is 90.7 cm³/mol. The minimum atomic E-state index is -0.380. The normalized spacial score (nSPS) is 15.4. The smallest absolute Gasteiger partial charge is 0.229 e. The van der Waals surface area contributed by atoms with Crippen molar-refractivity contribution in [3.05, 3.63) is 54.1 Å². The van der Waals surface area contributed by atoms with E-state index in [9.17, 15) is 4.79 Å². The minimum Gasteiger partial charge on any atom is -0.497 e. The third-order valence-electron chi connectivity index (χ3n) is 4.37. The fraction of sp³-hybridized carbons (Fsp3) is 0.389. The van der Waals surface area contributed by atoms with Gasteiger partial charge in [0.05, 0.1) is 18.2 Å². The van der Waals surface area contributed by atoms with E-state index in [1.165, 1.54) is 0 Å². The first kappa shape index (κ1) is 16.4. The summed E-state index contributed by atoms with van der Waals surface area (Å²) < 4.78 is 5.27. The summed E-state index contributed by atoms with van der Waals surface area (Å²) in [5.74, 6) is 0.908. The van der Waals surface area contributed by atoms with Gasteiger partial charge in [0.1, 0.15) is 5.75 Å². The number of amides is 1. The molecule has 0 aliphatic carbocycles. The van der Waals surface area contributed by atoms with Gasteiger partial charge in [-0.15, -0.1) is 0 Å². The molecule has 3 rings (SSSR count). The van der Waals surface area contributed by atoms with Gasteiger partial charge in [-0.05, 0) is 24.1 Å². The molecule has 0 unspecified atom stereocenters. The summed E-state index contributed by atoms with van der Waals surface area (Å²) in [4.78, 5) is 20.9. The van der Waals surface area contributed by atoms with E-state index >= 15 is 0 Å². The first-order valence-electron chi connectivity index (χ1n) is 8.09. The van der Waals surface area contributed by atoms with Crippen LogP contribution in [-0.4, -0.2) is 42.6 Å². The Labute approximate surface area is 141 Å². The zero-order chi connectivity index (χ0) is 16.8. The van der Waals surface area contributed by atoms with Gasteiger partial charge in [-0.1, -0.05) is 12.1 Å². The molecule has 6 nitrogen and oxygen atoms in total. The van der Waals surface area contributed by atoms with Gasteiger partial charge in [-0.25, -0.2) is 0 Å². The van der Waals surface area contributed by atoms with Crippen LogP contribution >= 0.6 is 0 Å². The molecule has 1 aliphatic heterocycles. The number of rotatable bonds is 7. The second-order valence-electron chi connectivity index (χ2n) is 6.11. The van der Waals surface area contributed by atoms with Crippen LogP contribution in [0.4, 0.5) is 0 Å². The number of hydrogen-bond donors (Lipinski definition) is 2. The number of carbonyl (C=O) groups excluding carboxylic acids is 1. The predicted octanol–water partition coefficient (Wildman–Crippen LogP) is 0.976. The lowest BCUT2D eigenvalue weighted by atomic mass is 9.75. The highest BCUT2D eigenvalue weighted by molar-refractivity contribution is 5.84. The summed E-state index contributed by atoms with van der Waals surface area (Å²) in [5.41, 5.74) is 1.61. The van der Waals surface area contributed by atoms with E-state index in [4.69, 9.17) is 4.74 Å². The summed E-state index contributed by atoms with van der Waals surface area (Å²) in [6, 6.07) is 7.90. The number of carbonyl (C=O) groups is 1. The van der Waals surface area contributed by atoms with Crippen molar-refractivity contribution in [3.8, 4) is 5.75 Å². The number of methoxy groups -OCH3 is 1. The van der Waals surface area contributed by atoms with Gasteiger partial charge in [0.2, 0.25) is 5.91 Å². The highest BCUT2D eigenvalue weighted by Crippen LogP contribution is 2.29. The van der Waals surface area contributed by atoms with Gasteiger partial charge in [0.15, 0.2) is 0 Å². The molecule has 1 fully saturated rings. The maximum absolute atomic E-state index is 12.7. The lowest BCUT2D eigenvalue weighted by molar-refractivity contribution is -0.133. The summed E-state index contributed by atoms with van der Waals surface area (Å²) in [7, 11) is 1.65. The van der Waals surface area contributed by atoms with Crippen molar-refractivity contribution in [2.45, 2.75) is 12.8 Å². The number of benzene rings is 1. The Morgan fingerprint density at radius 2 is 2.25 bits per heavy atom. The van der Waals surface area contributed by atoms with Crippen molar-refractivity contribution in [3.63, 3.8) is 0 Å². The standard InChI is InChI=1S/C18H22N4O2/c1-24-16-4-2-3-14(9-16)10-18(12-20-13-18)17(23)22-6-5-15-11-19-7-8-21-15/h2-4,7-9,11,20H,5-6,10,12-13H2,1H3,(H,22,23). The first-order chi connectivity index (χ1) is 11.7. The van der Waals surface area contributed by atoms with E-state index in [2.05, 4.69) is 20.6 Å². The Hall–Kier alpha value is -2.47. The van der Waals surface area contributed by atoms with Crippen LogP contribution in [0.5, 0.6) is 5.75 Å². The number of hydrogen-bond acceptors (Lipinski definition) is 5. The molecule has 0 spiro atoms. The molecule has 1 saturated heterocycles. The average molecular weight is 326 g/mol. The van der Waals surface area contributed by atoms with Gasteiger partial charge in [-0.2, -0.15) is 0 Å². The fourth-order valence-corrected chi connectivity index (χ4v) is 2.92. The van der Waals surface area contributed by atoms with Gasteiger partial charge in [0, 0.05) is 44.6 Å². The number of ether oxygens (including phenoxy) is 1. The molecule has 2 aromatic rings. The van der Waals surface area contributed by atoms with E-state index in [-0.39, 0.29) is 11.3 Å². The minimum absolute atomic E-state index is 0.0907. The molecule has 2 N–H and O–H groups in total. The molecule has 0 atom stereocenters. The van der Waals surface area contributed by atoms with E-state index < -0.39 is 0 Å². The SMILES string of the molecule is COc1cccc(CC2(C(=O)NCCc3cnccn3)CNC2)c1. The summed E-state index contributed by atoms with van der Waals surface area (Å²) in [6.07, 6.45) is 6.42. The summed E-state index contributed by atoms with van der Waals surface area (Å²) >= 11 is 0. The van der Waals surface area contributed by atoms with Crippen molar-refractivity contribution in [2.75, 3.05) is 26.7 Å². The monoisotopic (exact) mass is 326 g/mol. The third kappa shape index (κ3) is 3.71. The molecule has 0 saturated carbocycles. The lowest BCUT2D eigenvalue weighted by Crippen LogP contribution is -2.62. The Balaban J connectivity index is 1.58. The maximum atomic E-state index is 12.7. The highest BCUT2D eigenvalue weighted by atomic mass is 16.5. The third-order valence-corrected chi connectivity index (χ3v) is 4.37. The Bertz CT molecular complexity index is 686. The summed E-state index contributed by atoms with van der Waals surface area (Å²) in [5, 5.41) is 6.27. The quantitative estimate of drug-likeness (QED) is 0.793. The molecular weight excluding hydrogens is 304 g/mol. The van der Waals surface area contributed by atoms with Crippen LogP contribution < -0.4 is 15.4 Å². The molecule has 126 valence electrons. The zero-order valence-corrected chi connectivity index (χ0v) is 13.8. The van der Waals surface area contributed by atoms with Crippen LogP contribution in [0.25, 0.3) is 0 Å². The average Bonchev–Trinajstić information content (AvgIpc) is 2.59. The largest absolute Gasteiger partial charge is 0.497 e.